The lowest BCUT2D eigenvalue weighted by Crippen LogP contribution is -2.52. The molecule has 0 bridgehead atoms. The van der Waals surface area contributed by atoms with Crippen LogP contribution in [-0.2, 0) is 0 Å². The fourth-order valence-corrected chi connectivity index (χ4v) is 6.77. The molecule has 0 spiro atoms. The first-order valence-electron chi connectivity index (χ1n) is 12.0. The van der Waals surface area contributed by atoms with Gasteiger partial charge in [-0.15, -0.1) is 0 Å². The van der Waals surface area contributed by atoms with Gasteiger partial charge in [0.25, 0.3) is 5.95 Å². The fraction of sp³-hybridized carbons (Fsp3) is 0.905. The fourth-order valence-electron chi connectivity index (χ4n) is 6.77. The van der Waals surface area contributed by atoms with Crippen LogP contribution in [0.4, 0.5) is 0 Å². The highest BCUT2D eigenvalue weighted by atomic mass is 16.5. The molecule has 4 rings (SSSR count). The summed E-state index contributed by atoms with van der Waals surface area (Å²) in [4.78, 5) is 0. The molecule has 4 aliphatic rings. The molecule has 23 heavy (non-hydrogen) atoms. The maximum atomic E-state index is 9.60. The van der Waals surface area contributed by atoms with E-state index in [1.807, 2.05) is 6.92 Å². The van der Waals surface area contributed by atoms with Crippen LogP contribution in [0.2, 0.25) is 0 Å². The molecule has 0 aliphatic heterocycles. The number of fused-ring (bicyclic) bond motifs is 5. The van der Waals surface area contributed by atoms with Crippen LogP contribution in [0.3, 0.4) is 0 Å². The van der Waals surface area contributed by atoms with Gasteiger partial charge >= 0.3 is 0 Å². The van der Waals surface area contributed by atoms with E-state index in [-0.39, 0.29) is 17.3 Å². The van der Waals surface area contributed by atoms with E-state index in [0.29, 0.717) is 18.3 Å². The quantitative estimate of drug-likeness (QED) is 0.582. The van der Waals surface area contributed by atoms with Crippen molar-refractivity contribution in [2.75, 3.05) is 0 Å². The molecule has 4 saturated carbocycles. The Labute approximate surface area is 148 Å². The van der Waals surface area contributed by atoms with Gasteiger partial charge in [0.2, 0.25) is 0 Å². The average molecular weight is 324 g/mol. The highest BCUT2D eigenvalue weighted by Gasteiger charge is 2.59. The summed E-state index contributed by atoms with van der Waals surface area (Å²) in [6.45, 7) is 4.24. The van der Waals surface area contributed by atoms with E-state index in [1.165, 1.54) is 25.7 Å². The maximum Gasteiger partial charge on any atom is 0.270 e. The van der Waals surface area contributed by atoms with Crippen molar-refractivity contribution in [3.05, 3.63) is 12.0 Å². The average Bonchev–Trinajstić information content (AvgIpc) is 2.76. The molecule has 4 aliphatic carbocycles. The number of aliphatic hydroxyl groups excluding tert-OH is 1. The van der Waals surface area contributed by atoms with Gasteiger partial charge in [0, 0.05) is 5.48 Å². The summed E-state index contributed by atoms with van der Waals surface area (Å²) in [6.07, 6.45) is 5.09. The molecule has 130 valence electrons. The molecule has 2 unspecified atom stereocenters. The van der Waals surface area contributed by atoms with Crippen LogP contribution in [0.15, 0.2) is 12.0 Å². The van der Waals surface area contributed by atoms with E-state index in [0.717, 1.165) is 19.3 Å². The van der Waals surface area contributed by atoms with Gasteiger partial charge in [-0.2, -0.15) is 0 Å². The van der Waals surface area contributed by atoms with Crippen molar-refractivity contribution in [3.8, 4) is 0 Å². The first kappa shape index (κ1) is 11.1. The summed E-state index contributed by atoms with van der Waals surface area (Å²) < 4.78 is 43.4. The number of aliphatic hydroxyl groups is 2. The zero-order chi connectivity index (χ0) is 20.7. The van der Waals surface area contributed by atoms with E-state index < -0.39 is 36.1 Å². The lowest BCUT2D eigenvalue weighted by molar-refractivity contribution is -0.108. The van der Waals surface area contributed by atoms with Crippen molar-refractivity contribution in [1.82, 2.24) is 0 Å². The second-order valence-electron chi connectivity index (χ2n) is 8.91. The highest BCUT2D eigenvalue weighted by Crippen LogP contribution is 2.67. The molecule has 0 aromatic rings. The van der Waals surface area contributed by atoms with Gasteiger partial charge in [0.05, 0.1) is 1.37 Å². The molecule has 2 nitrogen and oxygen atoms in total. The summed E-state index contributed by atoms with van der Waals surface area (Å²) in [5, 5.41) is 19.2. The predicted octanol–water partition coefficient (Wildman–Crippen LogP) is 5.99. The van der Waals surface area contributed by atoms with E-state index in [9.17, 15) is 10.2 Å². The summed E-state index contributed by atoms with van der Waals surface area (Å²) in [6, 6.07) is -0.768. The molecule has 8 atom stereocenters. The van der Waals surface area contributed by atoms with Crippen LogP contribution in [0, 0.1) is 40.4 Å². The van der Waals surface area contributed by atoms with Crippen LogP contribution in [0.5, 0.6) is 0 Å². The van der Waals surface area contributed by atoms with E-state index >= 15 is 0 Å². The van der Waals surface area contributed by atoms with Crippen molar-refractivity contribution in [2.24, 2.45) is 40.4 Å². The predicted molar refractivity (Wildman–Crippen MR) is 93.2 cm³/mol. The van der Waals surface area contributed by atoms with Gasteiger partial charge in [-0.25, -0.2) is 0 Å². The van der Waals surface area contributed by atoms with Gasteiger partial charge < -0.3 is 10.2 Å². The topological polar surface area (TPSA) is 40.5 Å². The lowest BCUT2D eigenvalue weighted by atomic mass is 9.45. The van der Waals surface area contributed by atoms with Gasteiger partial charge in [-0.05, 0) is 97.7 Å². The first-order chi connectivity index (χ1) is 12.9. The van der Waals surface area contributed by atoms with Crippen molar-refractivity contribution in [3.63, 3.8) is 0 Å². The normalized spacial score (nSPS) is 63.9. The molecule has 2 heteroatoms. The Bertz CT molecular complexity index is 692. The molecular formula is C21H34O2. The monoisotopic (exact) mass is 323 g/mol. The third kappa shape index (κ3) is 2.27. The van der Waals surface area contributed by atoms with Crippen LogP contribution in [-0.4, -0.2) is 10.2 Å². The minimum atomic E-state index is -2.31. The molecule has 2 N–H and O–H groups in total. The van der Waals surface area contributed by atoms with E-state index in [1.54, 1.807) is 0 Å². The first-order valence-corrected chi connectivity index (χ1v) is 9.44. The summed E-state index contributed by atoms with van der Waals surface area (Å²) >= 11 is 0. The van der Waals surface area contributed by atoms with Crippen LogP contribution in [0.25, 0.3) is 0 Å². The summed E-state index contributed by atoms with van der Waals surface area (Å²) in [5.74, 6) is -2.40. The smallest absolute Gasteiger partial charge is 0.270 e. The van der Waals surface area contributed by atoms with Gasteiger partial charge in [-0.1, -0.05) is 26.7 Å². The summed E-state index contributed by atoms with van der Waals surface area (Å²) in [5.41, 5.74) is -0.712. The Morgan fingerprint density at radius 2 is 1.91 bits per heavy atom. The Hall–Kier alpha value is -0.660. The molecule has 0 saturated heterocycles. The van der Waals surface area contributed by atoms with Crippen LogP contribution >= 0.6 is 0 Å². The second-order valence-corrected chi connectivity index (χ2v) is 8.91. The highest BCUT2D eigenvalue weighted by molar-refractivity contribution is 5.12. The van der Waals surface area contributed by atoms with Crippen molar-refractivity contribution < 1.29 is 17.1 Å². The molecule has 0 heterocycles. The Kier molecular flexibility index (Phi) is 2.61. The maximum absolute atomic E-state index is 9.60. The van der Waals surface area contributed by atoms with Crippen molar-refractivity contribution >= 4 is 0 Å². The van der Waals surface area contributed by atoms with Gasteiger partial charge in [0.15, 0.2) is 0 Å². The molecule has 0 aromatic carbocycles. The SMILES string of the molecule is [2H]C(=C(O)O)[C@@]1([2H])C([2H])([2H])C([2H])[C@H]2[C@@H]3CCC4CCCC[C@]4(C)[C@H]3CC[C@@]21C. The standard InChI is InChI=1S/C21H34O2/c1-20-11-4-3-5-14(20)6-8-16-17-9-7-15(13-19(22)23)21(17,2)12-10-18(16)20/h13-18,22-23H,3-12H2,1-2H3/t14?,15-,16+,17+,18+,20+,21-/m1/s1/i7D2,9D,13D,15D/t9?,14?,15-,16+,17+,18+,20+,21-. The zero-order valence-electron chi connectivity index (χ0n) is 19.4. The third-order valence-electron chi connectivity index (χ3n) is 8.05. The summed E-state index contributed by atoms with van der Waals surface area (Å²) in [7, 11) is 0. The van der Waals surface area contributed by atoms with Gasteiger partial charge in [-0.3, -0.25) is 0 Å². The zero-order valence-corrected chi connectivity index (χ0v) is 14.4. The van der Waals surface area contributed by atoms with E-state index in [4.69, 9.17) is 6.85 Å². The number of hydrogen-bond acceptors (Lipinski definition) is 2. The number of hydrogen-bond donors (Lipinski definition) is 2. The third-order valence-corrected chi connectivity index (χ3v) is 8.05. The largest absolute Gasteiger partial charge is 0.481 e. The van der Waals surface area contributed by atoms with Crippen LogP contribution in [0.1, 0.15) is 84.8 Å². The molecular weight excluding hydrogens is 284 g/mol. The number of rotatable bonds is 1. The molecule has 0 aromatic heterocycles. The minimum Gasteiger partial charge on any atom is -0.481 e. The molecule has 0 radical (unpaired) electrons. The van der Waals surface area contributed by atoms with Crippen molar-refractivity contribution in [2.45, 2.75) is 78.0 Å². The Morgan fingerprint density at radius 1 is 1.09 bits per heavy atom. The van der Waals surface area contributed by atoms with Crippen LogP contribution < -0.4 is 0 Å². The molecule has 4 fully saturated rings. The Balaban J connectivity index is 1.80. The number of allylic oxidation sites excluding steroid dienone is 1. The minimum absolute atomic E-state index is 0.177. The lowest BCUT2D eigenvalue weighted by Gasteiger charge is -2.60. The molecule has 0 amide bonds. The second kappa shape index (κ2) is 5.43. The Morgan fingerprint density at radius 3 is 2.70 bits per heavy atom. The van der Waals surface area contributed by atoms with Gasteiger partial charge in [0.1, 0.15) is 0 Å². The van der Waals surface area contributed by atoms with E-state index in [2.05, 4.69) is 6.92 Å². The van der Waals surface area contributed by atoms with Crippen molar-refractivity contribution in [1.29, 1.82) is 0 Å².